The van der Waals surface area contributed by atoms with Crippen LogP contribution in [0, 0.1) is 0 Å². The summed E-state index contributed by atoms with van der Waals surface area (Å²) in [4.78, 5) is 21.0. The SMILES string of the molecule is CCNC(=NCc1ccc(Sc2ccccc2)cc1)NC1CCN(C(=O)CC)C1. The van der Waals surface area contributed by atoms with Gasteiger partial charge in [-0.25, -0.2) is 4.99 Å². The van der Waals surface area contributed by atoms with Gasteiger partial charge in [0, 0.05) is 41.9 Å². The minimum Gasteiger partial charge on any atom is -0.357 e. The highest BCUT2D eigenvalue weighted by Gasteiger charge is 2.25. The van der Waals surface area contributed by atoms with Gasteiger partial charge in [0.15, 0.2) is 5.96 Å². The molecule has 0 aliphatic carbocycles. The van der Waals surface area contributed by atoms with Crippen LogP contribution in [-0.2, 0) is 11.3 Å². The molecule has 1 unspecified atom stereocenters. The number of aliphatic imine (C=N–C) groups is 1. The molecule has 2 aromatic rings. The zero-order valence-corrected chi connectivity index (χ0v) is 18.0. The van der Waals surface area contributed by atoms with Crippen molar-refractivity contribution in [2.24, 2.45) is 4.99 Å². The Hall–Kier alpha value is -2.47. The molecule has 1 fully saturated rings. The topological polar surface area (TPSA) is 56.7 Å². The van der Waals surface area contributed by atoms with Gasteiger partial charge in [0.05, 0.1) is 6.54 Å². The number of guanidine groups is 1. The van der Waals surface area contributed by atoms with Crippen molar-refractivity contribution < 1.29 is 4.79 Å². The van der Waals surface area contributed by atoms with Crippen LogP contribution in [0.25, 0.3) is 0 Å². The first-order valence-electron chi connectivity index (χ1n) is 10.3. The maximum Gasteiger partial charge on any atom is 0.222 e. The number of likely N-dealkylation sites (tertiary alicyclic amines) is 1. The number of nitrogens with zero attached hydrogens (tertiary/aromatic N) is 2. The summed E-state index contributed by atoms with van der Waals surface area (Å²) in [5.41, 5.74) is 1.17. The fourth-order valence-electron chi connectivity index (χ4n) is 3.30. The summed E-state index contributed by atoms with van der Waals surface area (Å²) < 4.78 is 0. The van der Waals surface area contributed by atoms with Gasteiger partial charge in [0.1, 0.15) is 0 Å². The number of hydrogen-bond acceptors (Lipinski definition) is 3. The lowest BCUT2D eigenvalue weighted by Gasteiger charge is -2.18. The molecule has 5 nitrogen and oxygen atoms in total. The van der Waals surface area contributed by atoms with Crippen molar-refractivity contribution in [3.05, 3.63) is 60.2 Å². The summed E-state index contributed by atoms with van der Waals surface area (Å²) in [6.45, 7) is 6.98. The summed E-state index contributed by atoms with van der Waals surface area (Å²) in [5, 5.41) is 6.79. The summed E-state index contributed by atoms with van der Waals surface area (Å²) in [6.07, 6.45) is 1.53. The van der Waals surface area contributed by atoms with Crippen molar-refractivity contribution in [3.8, 4) is 0 Å². The molecule has 1 heterocycles. The summed E-state index contributed by atoms with van der Waals surface area (Å²) in [6, 6.07) is 19.2. The standard InChI is InChI=1S/C23H30N4OS/c1-3-22(28)27-15-14-19(17-27)26-23(24-4-2)25-16-18-10-12-21(13-11-18)29-20-8-6-5-7-9-20/h5-13,19H,3-4,14-17H2,1-2H3,(H2,24,25,26). The van der Waals surface area contributed by atoms with Gasteiger partial charge in [-0.2, -0.15) is 0 Å². The molecule has 1 aliphatic rings. The Balaban J connectivity index is 1.55. The predicted octanol–water partition coefficient (Wildman–Crippen LogP) is 3.90. The second kappa shape index (κ2) is 10.9. The van der Waals surface area contributed by atoms with Crippen LogP contribution in [0.2, 0.25) is 0 Å². The summed E-state index contributed by atoms with van der Waals surface area (Å²) in [5.74, 6) is 1.04. The monoisotopic (exact) mass is 410 g/mol. The van der Waals surface area contributed by atoms with E-state index in [1.54, 1.807) is 11.8 Å². The normalized spacial score (nSPS) is 16.7. The number of benzene rings is 2. The first kappa shape index (κ1) is 21.2. The Labute approximate surface area is 178 Å². The van der Waals surface area contributed by atoms with E-state index < -0.39 is 0 Å². The number of rotatable bonds is 7. The van der Waals surface area contributed by atoms with Gasteiger partial charge in [-0.15, -0.1) is 0 Å². The highest BCUT2D eigenvalue weighted by atomic mass is 32.2. The van der Waals surface area contributed by atoms with Crippen LogP contribution in [0.1, 0.15) is 32.3 Å². The molecule has 29 heavy (non-hydrogen) atoms. The molecular weight excluding hydrogens is 380 g/mol. The van der Waals surface area contributed by atoms with E-state index in [1.807, 2.05) is 17.9 Å². The van der Waals surface area contributed by atoms with Crippen molar-refractivity contribution in [1.82, 2.24) is 15.5 Å². The number of amides is 1. The van der Waals surface area contributed by atoms with E-state index in [-0.39, 0.29) is 11.9 Å². The average molecular weight is 411 g/mol. The molecule has 2 N–H and O–H groups in total. The Bertz CT molecular complexity index is 807. The molecule has 1 aliphatic heterocycles. The molecule has 1 amide bonds. The van der Waals surface area contributed by atoms with Crippen LogP contribution >= 0.6 is 11.8 Å². The van der Waals surface area contributed by atoms with E-state index in [1.165, 1.54) is 15.4 Å². The van der Waals surface area contributed by atoms with Crippen molar-refractivity contribution in [3.63, 3.8) is 0 Å². The van der Waals surface area contributed by atoms with Crippen LogP contribution < -0.4 is 10.6 Å². The van der Waals surface area contributed by atoms with Crippen molar-refractivity contribution in [2.75, 3.05) is 19.6 Å². The van der Waals surface area contributed by atoms with Gasteiger partial charge in [0.25, 0.3) is 0 Å². The maximum absolute atomic E-state index is 11.9. The third-order valence-electron chi connectivity index (χ3n) is 4.85. The molecule has 1 atom stereocenters. The largest absolute Gasteiger partial charge is 0.357 e. The van der Waals surface area contributed by atoms with E-state index in [0.29, 0.717) is 13.0 Å². The molecule has 0 aromatic heterocycles. The van der Waals surface area contributed by atoms with E-state index >= 15 is 0 Å². The Kier molecular flexibility index (Phi) is 7.99. The molecule has 2 aromatic carbocycles. The van der Waals surface area contributed by atoms with Gasteiger partial charge in [0.2, 0.25) is 5.91 Å². The Morgan fingerprint density at radius 2 is 1.83 bits per heavy atom. The quantitative estimate of drug-likeness (QED) is 0.537. The van der Waals surface area contributed by atoms with Crippen LogP contribution in [0.3, 0.4) is 0 Å². The van der Waals surface area contributed by atoms with E-state index in [0.717, 1.165) is 32.0 Å². The van der Waals surface area contributed by atoms with Crippen molar-refractivity contribution in [1.29, 1.82) is 0 Å². The molecule has 0 spiro atoms. The van der Waals surface area contributed by atoms with Crippen LogP contribution in [0.5, 0.6) is 0 Å². The molecular formula is C23H30N4OS. The van der Waals surface area contributed by atoms with Crippen LogP contribution in [-0.4, -0.2) is 42.4 Å². The predicted molar refractivity (Wildman–Crippen MR) is 120 cm³/mol. The third-order valence-corrected chi connectivity index (χ3v) is 5.87. The highest BCUT2D eigenvalue weighted by molar-refractivity contribution is 7.99. The number of nitrogens with one attached hydrogen (secondary N) is 2. The van der Waals surface area contributed by atoms with Gasteiger partial charge < -0.3 is 15.5 Å². The minimum absolute atomic E-state index is 0.227. The fraction of sp³-hybridized carbons (Fsp3) is 0.391. The van der Waals surface area contributed by atoms with Gasteiger partial charge in [-0.05, 0) is 43.2 Å². The second-order valence-corrected chi connectivity index (χ2v) is 8.22. The zero-order valence-electron chi connectivity index (χ0n) is 17.2. The lowest BCUT2D eigenvalue weighted by molar-refractivity contribution is -0.129. The Morgan fingerprint density at radius 3 is 2.52 bits per heavy atom. The van der Waals surface area contributed by atoms with E-state index in [4.69, 9.17) is 4.99 Å². The number of carbonyl (C=O) groups is 1. The molecule has 6 heteroatoms. The molecule has 0 saturated carbocycles. The van der Waals surface area contributed by atoms with Crippen LogP contribution in [0.4, 0.5) is 0 Å². The lowest BCUT2D eigenvalue weighted by Crippen LogP contribution is -2.45. The third kappa shape index (κ3) is 6.53. The van der Waals surface area contributed by atoms with E-state index in [2.05, 4.69) is 66.1 Å². The van der Waals surface area contributed by atoms with Crippen molar-refractivity contribution >= 4 is 23.6 Å². The lowest BCUT2D eigenvalue weighted by atomic mass is 10.2. The number of carbonyl (C=O) groups excluding carboxylic acids is 1. The molecule has 0 bridgehead atoms. The van der Waals surface area contributed by atoms with Gasteiger partial charge in [-0.1, -0.05) is 49.0 Å². The molecule has 0 radical (unpaired) electrons. The van der Waals surface area contributed by atoms with Gasteiger partial charge in [-0.3, -0.25) is 4.79 Å². The average Bonchev–Trinajstić information content (AvgIpc) is 3.22. The second-order valence-electron chi connectivity index (χ2n) is 7.08. The number of hydrogen-bond donors (Lipinski definition) is 2. The smallest absolute Gasteiger partial charge is 0.222 e. The molecule has 3 rings (SSSR count). The van der Waals surface area contributed by atoms with Crippen molar-refractivity contribution in [2.45, 2.75) is 49.1 Å². The zero-order chi connectivity index (χ0) is 20.5. The highest BCUT2D eigenvalue weighted by Crippen LogP contribution is 2.27. The van der Waals surface area contributed by atoms with Gasteiger partial charge >= 0.3 is 0 Å². The maximum atomic E-state index is 11.9. The first-order chi connectivity index (χ1) is 14.2. The summed E-state index contributed by atoms with van der Waals surface area (Å²) >= 11 is 1.76. The summed E-state index contributed by atoms with van der Waals surface area (Å²) in [7, 11) is 0. The van der Waals surface area contributed by atoms with E-state index in [9.17, 15) is 4.79 Å². The van der Waals surface area contributed by atoms with Crippen LogP contribution in [0.15, 0.2) is 69.4 Å². The molecule has 154 valence electrons. The first-order valence-corrected chi connectivity index (χ1v) is 11.1. The molecule has 1 saturated heterocycles. The Morgan fingerprint density at radius 1 is 1.10 bits per heavy atom. The fourth-order valence-corrected chi connectivity index (χ4v) is 4.14. The minimum atomic E-state index is 0.227.